The van der Waals surface area contributed by atoms with Gasteiger partial charge in [0.1, 0.15) is 17.1 Å². The molecule has 13 heteroatoms. The topological polar surface area (TPSA) is 89.4 Å². The molecule has 1 N–H and O–H groups in total. The van der Waals surface area contributed by atoms with Crippen molar-refractivity contribution in [3.8, 4) is 22.9 Å². The fraction of sp³-hybridized carbons (Fsp3) is 0.143. The molecular weight excluding hydrogens is 464 g/mol. The van der Waals surface area contributed by atoms with E-state index < -0.39 is 23.7 Å². The third kappa shape index (κ3) is 5.24. The van der Waals surface area contributed by atoms with Crippen LogP contribution in [0.25, 0.3) is 22.9 Å². The molecule has 174 valence electrons. The fourth-order valence-electron chi connectivity index (χ4n) is 2.87. The van der Waals surface area contributed by atoms with Gasteiger partial charge in [-0.1, -0.05) is 6.07 Å². The summed E-state index contributed by atoms with van der Waals surface area (Å²) in [5.41, 5.74) is -1.43. The summed E-state index contributed by atoms with van der Waals surface area (Å²) in [5, 5.41) is 2.63. The van der Waals surface area contributed by atoms with Crippen LogP contribution >= 0.6 is 0 Å². The normalized spacial score (nSPS) is 12.0. The van der Waals surface area contributed by atoms with Gasteiger partial charge < -0.3 is 5.32 Å². The van der Waals surface area contributed by atoms with Gasteiger partial charge >= 0.3 is 12.4 Å². The zero-order chi connectivity index (χ0) is 24.5. The first-order valence-electron chi connectivity index (χ1n) is 9.53. The molecule has 0 amide bonds. The Hall–Kier alpha value is -4.16. The van der Waals surface area contributed by atoms with Gasteiger partial charge in [-0.25, -0.2) is 9.97 Å². The van der Waals surface area contributed by atoms with Crippen LogP contribution in [0.1, 0.15) is 17.1 Å². The molecule has 0 spiro atoms. The second kappa shape index (κ2) is 8.65. The molecule has 0 saturated carbocycles. The lowest BCUT2D eigenvalue weighted by Gasteiger charge is -2.12. The molecule has 0 aliphatic rings. The first-order chi connectivity index (χ1) is 16.0. The number of aromatic nitrogens is 6. The van der Waals surface area contributed by atoms with Crippen molar-refractivity contribution in [2.75, 3.05) is 5.32 Å². The quantitative estimate of drug-likeness (QED) is 0.390. The van der Waals surface area contributed by atoms with Gasteiger partial charge in [-0.05, 0) is 43.3 Å². The van der Waals surface area contributed by atoms with E-state index in [0.717, 1.165) is 24.4 Å². The second-order valence-electron chi connectivity index (χ2n) is 6.95. The summed E-state index contributed by atoms with van der Waals surface area (Å²) in [6.07, 6.45) is -6.93. The molecule has 0 bridgehead atoms. The number of hydrogen-bond donors (Lipinski definition) is 1. The maximum atomic E-state index is 13.1. The lowest BCUT2D eigenvalue weighted by atomic mass is 10.2. The number of hydrogen-bond acceptors (Lipinski definition) is 7. The monoisotopic (exact) mass is 477 g/mol. The maximum absolute atomic E-state index is 13.1. The van der Waals surface area contributed by atoms with Crippen LogP contribution in [0.5, 0.6) is 0 Å². The Kier molecular flexibility index (Phi) is 5.85. The van der Waals surface area contributed by atoms with E-state index in [0.29, 0.717) is 11.3 Å². The smallest absolute Gasteiger partial charge is 0.324 e. The van der Waals surface area contributed by atoms with Crippen molar-refractivity contribution in [2.45, 2.75) is 19.3 Å². The molecule has 0 saturated heterocycles. The van der Waals surface area contributed by atoms with Crippen molar-refractivity contribution < 1.29 is 26.3 Å². The molecule has 34 heavy (non-hydrogen) atoms. The molecule has 0 aromatic carbocycles. The molecule has 0 fully saturated rings. The van der Waals surface area contributed by atoms with E-state index >= 15 is 0 Å². The van der Waals surface area contributed by atoms with E-state index in [1.807, 2.05) is 0 Å². The van der Waals surface area contributed by atoms with Gasteiger partial charge in [0.2, 0.25) is 5.95 Å². The van der Waals surface area contributed by atoms with Gasteiger partial charge in [-0.3, -0.25) is 9.97 Å². The predicted octanol–water partition coefficient (Wildman–Crippen LogP) is 5.48. The third-order valence-corrected chi connectivity index (χ3v) is 4.37. The van der Waals surface area contributed by atoms with Crippen LogP contribution in [-0.2, 0) is 12.4 Å². The molecule has 0 atom stereocenters. The SMILES string of the molecule is Cc1cc(-c2nc(Nc3ccnc(C(F)(F)F)c3)nc(-c3cccc(C(F)(F)F)n3)n2)ccn1. The molecule has 7 nitrogen and oxygen atoms in total. The Labute approximate surface area is 188 Å². The predicted molar refractivity (Wildman–Crippen MR) is 109 cm³/mol. The van der Waals surface area contributed by atoms with Gasteiger partial charge in [0.15, 0.2) is 11.6 Å². The third-order valence-electron chi connectivity index (χ3n) is 4.37. The highest BCUT2D eigenvalue weighted by molar-refractivity contribution is 5.63. The summed E-state index contributed by atoms with van der Waals surface area (Å²) in [4.78, 5) is 23.5. The number of nitrogens with zero attached hydrogens (tertiary/aromatic N) is 6. The Morgan fingerprint density at radius 3 is 2.12 bits per heavy atom. The van der Waals surface area contributed by atoms with Crippen LogP contribution in [0.2, 0.25) is 0 Å². The number of nitrogens with one attached hydrogen (secondary N) is 1. The minimum absolute atomic E-state index is 0.0339. The zero-order valence-corrected chi connectivity index (χ0v) is 17.1. The lowest BCUT2D eigenvalue weighted by molar-refractivity contribution is -0.141. The van der Waals surface area contributed by atoms with Crippen molar-refractivity contribution in [1.82, 2.24) is 29.9 Å². The van der Waals surface area contributed by atoms with Crippen LogP contribution in [0.15, 0.2) is 54.9 Å². The second-order valence-corrected chi connectivity index (χ2v) is 6.95. The van der Waals surface area contributed by atoms with Gasteiger partial charge in [-0.15, -0.1) is 0 Å². The van der Waals surface area contributed by atoms with Crippen LogP contribution < -0.4 is 5.32 Å². The molecule has 4 aromatic heterocycles. The Bertz CT molecular complexity index is 1340. The van der Waals surface area contributed by atoms with E-state index in [1.54, 1.807) is 19.1 Å². The van der Waals surface area contributed by atoms with E-state index in [9.17, 15) is 26.3 Å². The summed E-state index contributed by atoms with van der Waals surface area (Å²) >= 11 is 0. The van der Waals surface area contributed by atoms with Crippen LogP contribution in [0.4, 0.5) is 38.0 Å². The average molecular weight is 477 g/mol. The minimum atomic E-state index is -4.69. The average Bonchev–Trinajstić information content (AvgIpc) is 2.78. The summed E-state index contributed by atoms with van der Waals surface area (Å²) in [5.74, 6) is -0.353. The zero-order valence-electron chi connectivity index (χ0n) is 17.1. The fourth-order valence-corrected chi connectivity index (χ4v) is 2.87. The maximum Gasteiger partial charge on any atom is 0.433 e. The van der Waals surface area contributed by atoms with Crippen molar-refractivity contribution in [3.63, 3.8) is 0 Å². The summed E-state index contributed by atoms with van der Waals surface area (Å²) in [6, 6.07) is 8.45. The first-order valence-corrected chi connectivity index (χ1v) is 9.53. The summed E-state index contributed by atoms with van der Waals surface area (Å²) in [7, 11) is 0. The van der Waals surface area contributed by atoms with Gasteiger partial charge in [0.05, 0.1) is 0 Å². The highest BCUT2D eigenvalue weighted by Crippen LogP contribution is 2.31. The molecule has 4 aromatic rings. The Balaban J connectivity index is 1.82. The first kappa shape index (κ1) is 23.0. The molecule has 4 heterocycles. The standard InChI is InChI=1S/C21H13F6N7/c1-11-9-12(5-7-28-11)17-32-18(14-3-2-4-15(31-14)20(22,23)24)34-19(33-17)30-13-6-8-29-16(10-13)21(25,26)27/h2-10H,1H3,(H,29,30,32,33,34). The number of aryl methyl sites for hydroxylation is 1. The van der Waals surface area contributed by atoms with Crippen molar-refractivity contribution in [1.29, 1.82) is 0 Å². The number of alkyl halides is 6. The number of halogens is 6. The number of anilines is 2. The van der Waals surface area contributed by atoms with Crippen molar-refractivity contribution in [3.05, 3.63) is 71.9 Å². The Morgan fingerprint density at radius 2 is 1.41 bits per heavy atom. The molecule has 0 aliphatic carbocycles. The van der Waals surface area contributed by atoms with Crippen LogP contribution in [0, 0.1) is 6.92 Å². The van der Waals surface area contributed by atoms with E-state index in [1.165, 1.54) is 18.3 Å². The van der Waals surface area contributed by atoms with Crippen molar-refractivity contribution in [2.24, 2.45) is 0 Å². The molecule has 0 aliphatic heterocycles. The van der Waals surface area contributed by atoms with E-state index in [4.69, 9.17) is 0 Å². The largest absolute Gasteiger partial charge is 0.433 e. The van der Waals surface area contributed by atoms with E-state index in [2.05, 4.69) is 35.2 Å². The summed E-state index contributed by atoms with van der Waals surface area (Å²) < 4.78 is 78.5. The number of rotatable bonds is 4. The Morgan fingerprint density at radius 1 is 0.706 bits per heavy atom. The van der Waals surface area contributed by atoms with Gasteiger partial charge in [0, 0.05) is 29.3 Å². The molecular formula is C21H13F6N7. The van der Waals surface area contributed by atoms with Crippen LogP contribution in [0.3, 0.4) is 0 Å². The number of pyridine rings is 3. The highest BCUT2D eigenvalue weighted by Gasteiger charge is 2.33. The lowest BCUT2D eigenvalue weighted by Crippen LogP contribution is -2.10. The highest BCUT2D eigenvalue weighted by atomic mass is 19.4. The minimum Gasteiger partial charge on any atom is -0.324 e. The molecule has 0 radical (unpaired) electrons. The van der Waals surface area contributed by atoms with Gasteiger partial charge in [0.25, 0.3) is 0 Å². The van der Waals surface area contributed by atoms with Crippen molar-refractivity contribution >= 4 is 11.6 Å². The molecule has 4 rings (SSSR count). The van der Waals surface area contributed by atoms with E-state index in [-0.39, 0.29) is 29.0 Å². The van der Waals surface area contributed by atoms with Crippen LogP contribution in [-0.4, -0.2) is 29.9 Å². The summed E-state index contributed by atoms with van der Waals surface area (Å²) in [6.45, 7) is 1.72. The van der Waals surface area contributed by atoms with Gasteiger partial charge in [-0.2, -0.15) is 36.3 Å². The molecule has 0 unspecified atom stereocenters.